The number of benzene rings is 3. The summed E-state index contributed by atoms with van der Waals surface area (Å²) in [4.78, 5) is 27.5. The topological polar surface area (TPSA) is 119 Å². The highest BCUT2D eigenvalue weighted by Gasteiger charge is 2.44. The summed E-state index contributed by atoms with van der Waals surface area (Å²) < 4.78 is 44.5. The van der Waals surface area contributed by atoms with Gasteiger partial charge in [-0.3, -0.25) is 14.3 Å². The monoisotopic (exact) mass is 676 g/mol. The molecule has 0 spiro atoms. The van der Waals surface area contributed by atoms with E-state index < -0.39 is 43.9 Å². The van der Waals surface area contributed by atoms with E-state index in [4.69, 9.17) is 32.5 Å². The highest BCUT2D eigenvalue weighted by atomic mass is 31.2. The molecule has 11 nitrogen and oxygen atoms in total. The van der Waals surface area contributed by atoms with Crippen LogP contribution in [0.2, 0.25) is 0 Å². The van der Waals surface area contributed by atoms with E-state index in [1.54, 1.807) is 21.1 Å². The molecule has 0 unspecified atom stereocenters. The van der Waals surface area contributed by atoms with Crippen LogP contribution in [0.1, 0.15) is 54.2 Å². The number of aromatic amines is 1. The zero-order chi connectivity index (χ0) is 33.5. The van der Waals surface area contributed by atoms with Crippen LogP contribution in [0.4, 0.5) is 0 Å². The van der Waals surface area contributed by atoms with Gasteiger partial charge in [-0.05, 0) is 67.1 Å². The smallest absolute Gasteiger partial charge is 0.333 e. The van der Waals surface area contributed by atoms with E-state index in [0.717, 1.165) is 36.0 Å². The molecule has 3 aromatic carbocycles. The second-order valence-corrected chi connectivity index (χ2v) is 12.9. The Morgan fingerprint density at radius 3 is 2.00 bits per heavy atom. The van der Waals surface area contributed by atoms with E-state index in [9.17, 15) is 9.59 Å². The van der Waals surface area contributed by atoms with Crippen molar-refractivity contribution in [2.24, 2.45) is 0 Å². The van der Waals surface area contributed by atoms with Gasteiger partial charge in [-0.15, -0.1) is 0 Å². The van der Waals surface area contributed by atoms with E-state index in [1.165, 1.54) is 10.8 Å². The van der Waals surface area contributed by atoms with Gasteiger partial charge < -0.3 is 32.5 Å². The second-order valence-electron chi connectivity index (χ2n) is 11.8. The number of H-pyrrole nitrogens is 1. The number of nitrogens with zero attached hydrogens (tertiary/aromatic N) is 1. The molecule has 0 bridgehead atoms. The van der Waals surface area contributed by atoms with Crippen LogP contribution < -0.4 is 20.7 Å². The van der Waals surface area contributed by atoms with E-state index in [-0.39, 0.29) is 6.61 Å². The van der Waals surface area contributed by atoms with Crippen LogP contribution in [0.5, 0.6) is 11.5 Å². The van der Waals surface area contributed by atoms with Crippen LogP contribution in [-0.2, 0) is 28.6 Å². The number of hydrogen-bond donors (Lipinski definition) is 1. The van der Waals surface area contributed by atoms with Crippen molar-refractivity contribution in [1.29, 1.82) is 0 Å². The third-order valence-corrected chi connectivity index (χ3v) is 9.91. The fourth-order valence-electron chi connectivity index (χ4n) is 6.08. The summed E-state index contributed by atoms with van der Waals surface area (Å²) in [6.07, 6.45) is 2.82. The SMILES string of the molecule is COc1ccc(C(OC[C@H]2O[C@@H](n3cc(C)c(=O)[nH]c3=O)C[C@@H]2OP2OCCCCCO2)(c2ccccc2)c2ccc(OC)cc2)cc1. The van der Waals surface area contributed by atoms with Gasteiger partial charge in [-0.25, -0.2) is 4.79 Å². The lowest BCUT2D eigenvalue weighted by Crippen LogP contribution is -2.38. The van der Waals surface area contributed by atoms with Crippen molar-refractivity contribution >= 4 is 8.60 Å². The molecule has 0 amide bonds. The third kappa shape index (κ3) is 7.42. The average Bonchev–Trinajstić information content (AvgIpc) is 3.50. The number of nitrogens with one attached hydrogen (secondary N) is 1. The van der Waals surface area contributed by atoms with E-state index in [1.807, 2.05) is 78.9 Å². The number of aromatic nitrogens is 2. The first-order valence-electron chi connectivity index (χ1n) is 16.1. The molecule has 12 heteroatoms. The molecule has 2 saturated heterocycles. The molecule has 6 rings (SSSR count). The molecule has 0 aliphatic carbocycles. The van der Waals surface area contributed by atoms with E-state index in [2.05, 4.69) is 4.98 Å². The Balaban J connectivity index is 1.39. The van der Waals surface area contributed by atoms with Gasteiger partial charge in [0.05, 0.1) is 40.1 Å². The first-order valence-corrected chi connectivity index (χ1v) is 17.2. The maximum absolute atomic E-state index is 12.9. The van der Waals surface area contributed by atoms with Gasteiger partial charge in [0, 0.05) is 18.2 Å². The molecule has 2 fully saturated rings. The van der Waals surface area contributed by atoms with Crippen molar-refractivity contribution in [2.75, 3.05) is 34.0 Å². The highest BCUT2D eigenvalue weighted by molar-refractivity contribution is 7.41. The zero-order valence-electron chi connectivity index (χ0n) is 27.3. The Morgan fingerprint density at radius 1 is 0.833 bits per heavy atom. The zero-order valence-corrected chi connectivity index (χ0v) is 28.2. The lowest BCUT2D eigenvalue weighted by molar-refractivity contribution is -0.0932. The Bertz CT molecular complexity index is 1690. The molecule has 2 aliphatic rings. The maximum Gasteiger partial charge on any atom is 0.333 e. The molecule has 1 N–H and O–H groups in total. The van der Waals surface area contributed by atoms with Crippen LogP contribution >= 0.6 is 8.60 Å². The quantitative estimate of drug-likeness (QED) is 0.151. The molecular weight excluding hydrogens is 635 g/mol. The van der Waals surface area contributed by atoms with Crippen molar-refractivity contribution in [3.8, 4) is 11.5 Å². The van der Waals surface area contributed by atoms with Crippen molar-refractivity contribution in [2.45, 2.75) is 56.6 Å². The van der Waals surface area contributed by atoms with Crippen molar-refractivity contribution in [1.82, 2.24) is 9.55 Å². The third-order valence-electron chi connectivity index (χ3n) is 8.68. The number of aryl methyl sites for hydroxylation is 1. The summed E-state index contributed by atoms with van der Waals surface area (Å²) >= 11 is 0. The molecule has 254 valence electrons. The minimum absolute atomic E-state index is 0.0778. The lowest BCUT2D eigenvalue weighted by atomic mass is 9.80. The summed E-state index contributed by atoms with van der Waals surface area (Å²) in [6, 6.07) is 25.6. The standard InChI is InChI=1S/C36H41N2O9P/c1-25-23-38(35(40)37-34(25)39)33-22-31(47-48-44-20-8-5-9-21-45-48)32(46-33)24-43-36(26-10-6-4-7-11-26,27-12-16-29(41-2)17-13-27)28-14-18-30(42-3)19-15-28/h4,6-7,10-19,23,31-33H,5,8-9,20-22,24H2,1-3H3,(H,37,39,40)/t31-,32+,33+/m0/s1. The Hall–Kier alpha value is -3.83. The summed E-state index contributed by atoms with van der Waals surface area (Å²) in [5.41, 5.74) is 0.953. The second kappa shape index (κ2) is 15.6. The van der Waals surface area contributed by atoms with Crippen molar-refractivity contribution in [3.05, 3.63) is 128 Å². The molecule has 3 atom stereocenters. The Kier molecular flexibility index (Phi) is 11.1. The van der Waals surface area contributed by atoms with Crippen molar-refractivity contribution in [3.63, 3.8) is 0 Å². The Morgan fingerprint density at radius 2 is 1.42 bits per heavy atom. The predicted molar refractivity (Wildman–Crippen MR) is 180 cm³/mol. The molecule has 0 saturated carbocycles. The number of rotatable bonds is 11. The largest absolute Gasteiger partial charge is 0.497 e. The van der Waals surface area contributed by atoms with Gasteiger partial charge in [0.15, 0.2) is 0 Å². The highest BCUT2D eigenvalue weighted by Crippen LogP contribution is 2.48. The minimum atomic E-state index is -1.65. The van der Waals surface area contributed by atoms with Crippen LogP contribution in [0.25, 0.3) is 0 Å². The fourth-order valence-corrected chi connectivity index (χ4v) is 7.28. The van der Waals surface area contributed by atoms with Crippen LogP contribution in [0, 0.1) is 6.92 Å². The van der Waals surface area contributed by atoms with Crippen molar-refractivity contribution < 1.29 is 32.5 Å². The minimum Gasteiger partial charge on any atom is -0.497 e. The molecule has 0 radical (unpaired) electrons. The molecule has 1 aromatic heterocycles. The van der Waals surface area contributed by atoms with Crippen LogP contribution in [0.15, 0.2) is 94.6 Å². The summed E-state index contributed by atoms with van der Waals surface area (Å²) in [6.45, 7) is 2.80. The number of methoxy groups -OCH3 is 2. The van der Waals surface area contributed by atoms with Gasteiger partial charge in [-0.1, -0.05) is 54.6 Å². The van der Waals surface area contributed by atoms with Crippen LogP contribution in [0.3, 0.4) is 0 Å². The Labute approximate surface area is 280 Å². The van der Waals surface area contributed by atoms with Gasteiger partial charge in [0.25, 0.3) is 5.56 Å². The van der Waals surface area contributed by atoms with Gasteiger partial charge in [0.2, 0.25) is 0 Å². The summed E-state index contributed by atoms with van der Waals surface area (Å²) in [5, 5.41) is 0. The number of ether oxygens (including phenoxy) is 4. The van der Waals surface area contributed by atoms with E-state index in [0.29, 0.717) is 36.7 Å². The summed E-state index contributed by atoms with van der Waals surface area (Å²) in [7, 11) is 1.61. The fraction of sp³-hybridized carbons (Fsp3) is 0.389. The van der Waals surface area contributed by atoms with Gasteiger partial charge in [0.1, 0.15) is 29.4 Å². The number of hydrogen-bond acceptors (Lipinski definition) is 9. The molecule has 2 aliphatic heterocycles. The normalized spacial score (nSPS) is 20.6. The molecule has 3 heterocycles. The molecule has 48 heavy (non-hydrogen) atoms. The molecular formula is C36H41N2O9P. The lowest BCUT2D eigenvalue weighted by Gasteiger charge is -2.37. The van der Waals surface area contributed by atoms with E-state index >= 15 is 0 Å². The van der Waals surface area contributed by atoms with Gasteiger partial charge in [-0.2, -0.15) is 0 Å². The predicted octanol–water partition coefficient (Wildman–Crippen LogP) is 5.99. The summed E-state index contributed by atoms with van der Waals surface area (Å²) in [5.74, 6) is 1.43. The first-order chi connectivity index (χ1) is 23.4. The molecule has 4 aromatic rings. The van der Waals surface area contributed by atoms with Gasteiger partial charge >= 0.3 is 14.3 Å². The average molecular weight is 677 g/mol. The first kappa shape index (κ1) is 34.0. The van der Waals surface area contributed by atoms with Crippen LogP contribution in [-0.4, -0.2) is 55.8 Å². The maximum atomic E-state index is 12.9.